The first kappa shape index (κ1) is 32.5. The second-order valence-corrected chi connectivity index (χ2v) is 12.6. The molecule has 3 amide bonds. The highest BCUT2D eigenvalue weighted by Gasteiger charge is 2.37. The lowest BCUT2D eigenvalue weighted by molar-refractivity contribution is -0.125. The van der Waals surface area contributed by atoms with Gasteiger partial charge in [-0.3, -0.25) is 14.5 Å². The molecule has 3 aliphatic rings. The Kier molecular flexibility index (Phi) is 11.2. The largest absolute Gasteiger partial charge is 0.444 e. The van der Waals surface area contributed by atoms with Gasteiger partial charge >= 0.3 is 6.09 Å². The van der Waals surface area contributed by atoms with Crippen LogP contribution in [0.1, 0.15) is 80.8 Å². The van der Waals surface area contributed by atoms with Gasteiger partial charge in [0.25, 0.3) is 5.91 Å². The summed E-state index contributed by atoms with van der Waals surface area (Å²) in [6.07, 6.45) is 4.82. The van der Waals surface area contributed by atoms with Crippen LogP contribution in [0.4, 0.5) is 4.79 Å². The fourth-order valence-corrected chi connectivity index (χ4v) is 6.19. The van der Waals surface area contributed by atoms with Gasteiger partial charge in [0.15, 0.2) is 0 Å². The Morgan fingerprint density at radius 2 is 1.84 bits per heavy atom. The lowest BCUT2D eigenvalue weighted by atomic mass is 10.0. The summed E-state index contributed by atoms with van der Waals surface area (Å²) >= 11 is 0. The highest BCUT2D eigenvalue weighted by Crippen LogP contribution is 2.29. The first-order valence-corrected chi connectivity index (χ1v) is 15.6. The minimum atomic E-state index is -0.679. The van der Waals surface area contributed by atoms with Gasteiger partial charge in [-0.05, 0) is 70.7 Å². The van der Waals surface area contributed by atoms with Gasteiger partial charge in [0.1, 0.15) is 17.9 Å². The molecule has 234 valence electrons. The van der Waals surface area contributed by atoms with E-state index < -0.39 is 11.6 Å². The number of nitrogens with zero attached hydrogens (tertiary/aromatic N) is 4. The maximum atomic E-state index is 13.1. The summed E-state index contributed by atoms with van der Waals surface area (Å²) in [4.78, 5) is 57.4. The van der Waals surface area contributed by atoms with Gasteiger partial charge < -0.3 is 29.5 Å². The molecule has 3 heterocycles. The molecule has 1 unspecified atom stereocenters. The van der Waals surface area contributed by atoms with Crippen LogP contribution in [0.5, 0.6) is 0 Å². The average Bonchev–Trinajstić information content (AvgIpc) is 3.33. The van der Waals surface area contributed by atoms with Crippen LogP contribution in [0.15, 0.2) is 18.2 Å². The zero-order chi connectivity index (χ0) is 31.0. The molecule has 1 aromatic rings. The maximum Gasteiger partial charge on any atom is 0.410 e. The number of carbonyl (C=O) groups excluding carboxylic acids is 4. The molecule has 0 bridgehead atoms. The van der Waals surface area contributed by atoms with Crippen molar-refractivity contribution in [3.05, 3.63) is 34.9 Å². The van der Waals surface area contributed by atoms with Crippen LogP contribution in [-0.2, 0) is 20.9 Å². The van der Waals surface area contributed by atoms with Crippen LogP contribution in [0.25, 0.3) is 0 Å². The van der Waals surface area contributed by atoms with Gasteiger partial charge in [0.05, 0.1) is 0 Å². The summed E-state index contributed by atoms with van der Waals surface area (Å²) in [6.45, 7) is 12.7. The fourth-order valence-electron chi connectivity index (χ4n) is 6.19. The fraction of sp³-hybridized carbons (Fsp3) is 0.636. The van der Waals surface area contributed by atoms with Crippen LogP contribution < -0.4 is 5.32 Å². The Labute approximate surface area is 256 Å². The Morgan fingerprint density at radius 3 is 2.49 bits per heavy atom. The van der Waals surface area contributed by atoms with E-state index in [1.807, 2.05) is 37.8 Å². The number of likely N-dealkylation sites (N-methyl/N-ethyl adjacent to an activating group) is 1. The highest BCUT2D eigenvalue weighted by atomic mass is 16.6. The number of carbonyl (C=O) groups is 4. The Hall–Kier alpha value is -3.42. The lowest BCUT2D eigenvalue weighted by Gasteiger charge is -2.42. The molecule has 3 aliphatic heterocycles. The number of rotatable bonds is 9. The predicted octanol–water partition coefficient (Wildman–Crippen LogP) is 2.88. The Bertz CT molecular complexity index is 1220. The molecule has 0 aromatic heterocycles. The number of nitrogens with one attached hydrogen (secondary N) is 1. The second-order valence-electron chi connectivity index (χ2n) is 12.6. The molecule has 43 heavy (non-hydrogen) atoms. The number of likely N-dealkylation sites (tertiary alicyclic amines) is 1. The number of benzene rings is 1. The zero-order valence-electron chi connectivity index (χ0n) is 26.2. The van der Waals surface area contributed by atoms with Crippen LogP contribution in [0.2, 0.25) is 0 Å². The monoisotopic (exact) mass is 593 g/mol. The smallest absolute Gasteiger partial charge is 0.410 e. The van der Waals surface area contributed by atoms with Crippen LogP contribution in [-0.4, -0.2) is 114 Å². The van der Waals surface area contributed by atoms with Gasteiger partial charge in [0, 0.05) is 82.9 Å². The van der Waals surface area contributed by atoms with Crippen molar-refractivity contribution in [3.8, 4) is 11.8 Å². The zero-order valence-corrected chi connectivity index (χ0v) is 26.2. The average molecular weight is 594 g/mol. The molecule has 0 radical (unpaired) electrons. The van der Waals surface area contributed by atoms with E-state index >= 15 is 0 Å². The van der Waals surface area contributed by atoms with Crippen molar-refractivity contribution in [2.24, 2.45) is 0 Å². The number of hydrogen-bond donors (Lipinski definition) is 1. The molecule has 0 spiro atoms. The van der Waals surface area contributed by atoms with E-state index in [9.17, 15) is 19.2 Å². The molecule has 1 N–H and O–H groups in total. The van der Waals surface area contributed by atoms with Crippen molar-refractivity contribution in [2.75, 3.05) is 52.9 Å². The number of amides is 3. The third-order valence-corrected chi connectivity index (χ3v) is 8.52. The molecule has 4 rings (SSSR count). The third kappa shape index (κ3) is 8.58. The normalized spacial score (nSPS) is 18.9. The number of piperidine rings is 1. The molecule has 10 nitrogen and oxygen atoms in total. The summed E-state index contributed by atoms with van der Waals surface area (Å²) in [5, 5.41) is 2.62. The molecule has 2 saturated heterocycles. The maximum absolute atomic E-state index is 13.1. The minimum Gasteiger partial charge on any atom is -0.444 e. The van der Waals surface area contributed by atoms with E-state index in [0.717, 1.165) is 88.9 Å². The molecule has 0 aliphatic carbocycles. The van der Waals surface area contributed by atoms with E-state index in [0.29, 0.717) is 24.6 Å². The lowest BCUT2D eigenvalue weighted by Crippen LogP contribution is -2.54. The minimum absolute atomic E-state index is 0.189. The molecule has 0 saturated carbocycles. The van der Waals surface area contributed by atoms with Crippen LogP contribution in [0, 0.1) is 11.8 Å². The van der Waals surface area contributed by atoms with Crippen molar-refractivity contribution in [1.29, 1.82) is 0 Å². The van der Waals surface area contributed by atoms with Crippen molar-refractivity contribution in [2.45, 2.75) is 83.5 Å². The number of hydrogen-bond acceptors (Lipinski definition) is 7. The van der Waals surface area contributed by atoms with Gasteiger partial charge in [0.2, 0.25) is 5.91 Å². The van der Waals surface area contributed by atoms with Gasteiger partial charge in [-0.15, -0.1) is 0 Å². The summed E-state index contributed by atoms with van der Waals surface area (Å²) < 4.78 is 5.53. The number of piperazine rings is 1. The number of unbranched alkanes of at least 4 members (excludes halogenated alkanes) is 1. The van der Waals surface area contributed by atoms with Crippen LogP contribution >= 0.6 is 0 Å². The predicted molar refractivity (Wildman–Crippen MR) is 164 cm³/mol. The van der Waals surface area contributed by atoms with Crippen molar-refractivity contribution < 1.29 is 23.9 Å². The van der Waals surface area contributed by atoms with Crippen molar-refractivity contribution in [1.82, 2.24) is 24.9 Å². The molecular weight excluding hydrogens is 546 g/mol. The van der Waals surface area contributed by atoms with Gasteiger partial charge in [-0.1, -0.05) is 17.9 Å². The standard InChI is InChI=1S/C33H47N5O5/c1-33(2,3)43-32(42)37-17-14-26(15-18-37)36-21-19-35(20-22-36)16-7-5-6-10-25-11-8-12-27-28(25)24-38(31(27)41)29(13-9-23-39)30(40)34-4/h8,11-12,23,26,29H,5,7,9,13-22,24H2,1-4H3,(H,34,40). The number of aldehydes is 1. The summed E-state index contributed by atoms with van der Waals surface area (Å²) in [7, 11) is 1.54. The first-order valence-electron chi connectivity index (χ1n) is 15.6. The van der Waals surface area contributed by atoms with Crippen LogP contribution in [0.3, 0.4) is 0 Å². The topological polar surface area (TPSA) is 103 Å². The summed E-state index contributed by atoms with van der Waals surface area (Å²) in [5.74, 6) is 6.12. The molecule has 2 fully saturated rings. The number of ether oxygens (including phenoxy) is 1. The van der Waals surface area contributed by atoms with Crippen molar-refractivity contribution in [3.63, 3.8) is 0 Å². The molecule has 1 atom stereocenters. The van der Waals surface area contributed by atoms with Gasteiger partial charge in [-0.2, -0.15) is 0 Å². The number of fused-ring (bicyclic) bond motifs is 1. The molecule has 10 heteroatoms. The quantitative estimate of drug-likeness (QED) is 0.267. The third-order valence-electron chi connectivity index (χ3n) is 8.52. The van der Waals surface area contributed by atoms with Gasteiger partial charge in [-0.25, -0.2) is 4.79 Å². The molecule has 1 aromatic carbocycles. The van der Waals surface area contributed by atoms with E-state index in [1.165, 1.54) is 0 Å². The van der Waals surface area contributed by atoms with Crippen molar-refractivity contribution >= 4 is 24.2 Å². The second kappa shape index (κ2) is 14.8. The van der Waals surface area contributed by atoms with E-state index in [4.69, 9.17) is 4.74 Å². The van der Waals surface area contributed by atoms with E-state index in [-0.39, 0.29) is 24.3 Å². The summed E-state index contributed by atoms with van der Waals surface area (Å²) in [6, 6.07) is 5.40. The Balaban J connectivity index is 1.20. The SMILES string of the molecule is CNC(=O)C(CCC=O)N1Cc2c(C#CCCCN3CCN(C4CCN(C(=O)OC(C)(C)C)CC4)CC3)cccc2C1=O. The molecular formula is C33H47N5O5. The van der Waals surface area contributed by atoms with E-state index in [2.05, 4.69) is 27.0 Å². The summed E-state index contributed by atoms with van der Waals surface area (Å²) in [5.41, 5.74) is 1.80. The first-order chi connectivity index (χ1) is 20.6. The van der Waals surface area contributed by atoms with E-state index in [1.54, 1.807) is 18.0 Å². The highest BCUT2D eigenvalue weighted by molar-refractivity contribution is 6.01. The Morgan fingerprint density at radius 1 is 1.12 bits per heavy atom.